The van der Waals surface area contributed by atoms with Gasteiger partial charge in [0, 0.05) is 11.4 Å². The minimum absolute atomic E-state index is 0.159. The van der Waals surface area contributed by atoms with E-state index in [-0.39, 0.29) is 16.5 Å². The second-order valence-corrected chi connectivity index (χ2v) is 7.74. The summed E-state index contributed by atoms with van der Waals surface area (Å²) >= 11 is 6.12. The van der Waals surface area contributed by atoms with E-state index in [2.05, 4.69) is 10.0 Å². The molecule has 3 rings (SSSR count). The molecule has 5 nitrogen and oxygen atoms in total. The fourth-order valence-corrected chi connectivity index (χ4v) is 3.26. The highest BCUT2D eigenvalue weighted by Gasteiger charge is 2.12. The van der Waals surface area contributed by atoms with E-state index >= 15 is 0 Å². The Kier molecular flexibility index (Phi) is 4.65. The number of rotatable bonds is 4. The Morgan fingerprint density at radius 3 is 2.28 bits per heavy atom. The molecule has 0 aliphatic heterocycles. The number of benzene rings is 3. The van der Waals surface area contributed by atoms with Gasteiger partial charge in [-0.2, -0.15) is 0 Å². The molecule has 7 heteroatoms. The molecule has 1 amide bonds. The van der Waals surface area contributed by atoms with Gasteiger partial charge in [0.05, 0.1) is 16.8 Å². The van der Waals surface area contributed by atoms with Crippen LogP contribution in [0.4, 0.5) is 11.4 Å². The minimum Gasteiger partial charge on any atom is -0.322 e. The number of fused-ring (bicyclic) bond motifs is 1. The molecule has 0 radical (unpaired) electrons. The molecule has 0 bridgehead atoms. The molecule has 0 spiro atoms. The van der Waals surface area contributed by atoms with E-state index < -0.39 is 10.0 Å². The number of carbonyl (C=O) groups excluding carboxylic acids is 1. The Morgan fingerprint density at radius 1 is 0.920 bits per heavy atom. The van der Waals surface area contributed by atoms with Crippen LogP contribution >= 0.6 is 11.6 Å². The normalized spacial score (nSPS) is 11.3. The molecule has 3 aromatic carbocycles. The first-order valence-corrected chi connectivity index (χ1v) is 9.66. The largest absolute Gasteiger partial charge is 0.322 e. The molecule has 2 N–H and O–H groups in total. The van der Waals surface area contributed by atoms with E-state index in [0.29, 0.717) is 11.4 Å². The van der Waals surface area contributed by atoms with E-state index in [1.54, 1.807) is 0 Å². The second kappa shape index (κ2) is 6.74. The molecule has 0 saturated carbocycles. The molecular weight excluding hydrogens is 360 g/mol. The van der Waals surface area contributed by atoms with Crippen molar-refractivity contribution in [2.24, 2.45) is 0 Å². The van der Waals surface area contributed by atoms with Crippen molar-refractivity contribution in [2.45, 2.75) is 0 Å². The summed E-state index contributed by atoms with van der Waals surface area (Å²) in [5, 5.41) is 5.05. The number of carbonyl (C=O) groups is 1. The number of anilines is 2. The maximum Gasteiger partial charge on any atom is 0.257 e. The van der Waals surface area contributed by atoms with Crippen molar-refractivity contribution in [3.05, 3.63) is 71.2 Å². The average Bonchev–Trinajstić information content (AvgIpc) is 2.53. The van der Waals surface area contributed by atoms with Gasteiger partial charge in [0.2, 0.25) is 10.0 Å². The molecule has 0 aromatic heterocycles. The average molecular weight is 375 g/mol. The summed E-state index contributed by atoms with van der Waals surface area (Å²) in [6.45, 7) is 0. The van der Waals surface area contributed by atoms with E-state index in [9.17, 15) is 13.2 Å². The van der Waals surface area contributed by atoms with Crippen LogP contribution in [0, 0.1) is 0 Å². The molecule has 0 aliphatic rings. The van der Waals surface area contributed by atoms with Gasteiger partial charge in [-0.3, -0.25) is 9.52 Å². The Labute approximate surface area is 150 Å². The summed E-state index contributed by atoms with van der Waals surface area (Å²) in [5.41, 5.74) is 1.21. The summed E-state index contributed by atoms with van der Waals surface area (Å²) in [6, 6.07) is 17.8. The summed E-state index contributed by atoms with van der Waals surface area (Å²) in [4.78, 5) is 12.4. The quantitative estimate of drug-likeness (QED) is 0.721. The third-order valence-electron chi connectivity index (χ3n) is 3.52. The first kappa shape index (κ1) is 17.3. The lowest BCUT2D eigenvalue weighted by Gasteiger charge is -2.10. The topological polar surface area (TPSA) is 75.3 Å². The van der Waals surface area contributed by atoms with Crippen molar-refractivity contribution in [3.63, 3.8) is 0 Å². The first-order chi connectivity index (χ1) is 11.8. The van der Waals surface area contributed by atoms with Crippen molar-refractivity contribution in [1.29, 1.82) is 0 Å². The van der Waals surface area contributed by atoms with Gasteiger partial charge < -0.3 is 5.32 Å². The number of hydrogen-bond acceptors (Lipinski definition) is 3. The fourth-order valence-electron chi connectivity index (χ4n) is 2.44. The highest BCUT2D eigenvalue weighted by molar-refractivity contribution is 7.92. The van der Waals surface area contributed by atoms with Gasteiger partial charge in [0.25, 0.3) is 5.91 Å². The van der Waals surface area contributed by atoms with Crippen LogP contribution in [0.25, 0.3) is 10.8 Å². The highest BCUT2D eigenvalue weighted by atomic mass is 35.5. The molecule has 3 aromatic rings. The van der Waals surface area contributed by atoms with Crippen molar-refractivity contribution in [3.8, 4) is 0 Å². The van der Waals surface area contributed by atoms with Crippen molar-refractivity contribution >= 4 is 49.7 Å². The summed E-state index contributed by atoms with van der Waals surface area (Å²) in [7, 11) is -3.41. The van der Waals surface area contributed by atoms with Gasteiger partial charge in [-0.25, -0.2) is 8.42 Å². The molecule has 0 saturated heterocycles. The van der Waals surface area contributed by atoms with Crippen LogP contribution < -0.4 is 10.0 Å². The lowest BCUT2D eigenvalue weighted by atomic mass is 10.1. The summed E-state index contributed by atoms with van der Waals surface area (Å²) in [6.07, 6.45) is 1.04. The van der Waals surface area contributed by atoms with Crippen LogP contribution in [-0.2, 0) is 10.0 Å². The van der Waals surface area contributed by atoms with E-state index in [1.165, 1.54) is 18.2 Å². The predicted molar refractivity (Wildman–Crippen MR) is 102 cm³/mol. The maximum atomic E-state index is 12.4. The smallest absolute Gasteiger partial charge is 0.257 e. The zero-order chi connectivity index (χ0) is 18.0. The molecule has 0 fully saturated rings. The van der Waals surface area contributed by atoms with E-state index in [4.69, 9.17) is 11.6 Å². The molecule has 0 aliphatic carbocycles. The zero-order valence-electron chi connectivity index (χ0n) is 13.3. The Balaban J connectivity index is 1.82. The predicted octanol–water partition coefficient (Wildman–Crippen LogP) is 4.12. The molecule has 25 heavy (non-hydrogen) atoms. The van der Waals surface area contributed by atoms with Crippen LogP contribution in [-0.4, -0.2) is 20.6 Å². The number of hydrogen-bond donors (Lipinski definition) is 2. The summed E-state index contributed by atoms with van der Waals surface area (Å²) in [5.74, 6) is -0.369. The van der Waals surface area contributed by atoms with Gasteiger partial charge in [-0.15, -0.1) is 0 Å². The van der Waals surface area contributed by atoms with Crippen LogP contribution in [0.5, 0.6) is 0 Å². The third kappa shape index (κ3) is 4.29. The second-order valence-electron chi connectivity index (χ2n) is 5.58. The molecule has 128 valence electrons. The van der Waals surface area contributed by atoms with E-state index in [1.807, 2.05) is 42.5 Å². The van der Waals surface area contributed by atoms with Crippen LogP contribution in [0.15, 0.2) is 60.7 Å². The van der Waals surface area contributed by atoms with Gasteiger partial charge in [0.15, 0.2) is 0 Å². The van der Waals surface area contributed by atoms with Gasteiger partial charge in [-0.05, 0) is 41.1 Å². The monoisotopic (exact) mass is 374 g/mol. The maximum absolute atomic E-state index is 12.4. The standard InChI is InChI=1S/C18H15ClN2O3S/c1-25(23,24)21-15-8-9-16(17(19)11-15)18(22)20-14-7-6-12-4-2-3-5-13(12)10-14/h2-11,21H,1H3,(H,20,22). The molecule has 0 unspecified atom stereocenters. The summed E-state index contributed by atoms with van der Waals surface area (Å²) < 4.78 is 24.8. The Morgan fingerprint density at radius 2 is 1.60 bits per heavy atom. The van der Waals surface area contributed by atoms with Crippen LogP contribution in [0.1, 0.15) is 10.4 Å². The number of amides is 1. The SMILES string of the molecule is CS(=O)(=O)Nc1ccc(C(=O)Nc2ccc3ccccc3c2)c(Cl)c1. The first-order valence-electron chi connectivity index (χ1n) is 7.39. The molecule has 0 atom stereocenters. The number of sulfonamides is 1. The van der Waals surface area contributed by atoms with Crippen LogP contribution in [0.2, 0.25) is 5.02 Å². The Hall–Kier alpha value is -2.57. The van der Waals surface area contributed by atoms with E-state index in [0.717, 1.165) is 17.0 Å². The Bertz CT molecular complexity index is 1060. The van der Waals surface area contributed by atoms with Gasteiger partial charge in [-0.1, -0.05) is 41.9 Å². The van der Waals surface area contributed by atoms with Crippen molar-refractivity contribution < 1.29 is 13.2 Å². The highest BCUT2D eigenvalue weighted by Crippen LogP contribution is 2.24. The lowest BCUT2D eigenvalue weighted by molar-refractivity contribution is 0.102. The number of halogens is 1. The third-order valence-corrected chi connectivity index (χ3v) is 4.44. The lowest BCUT2D eigenvalue weighted by Crippen LogP contribution is -2.13. The van der Waals surface area contributed by atoms with Gasteiger partial charge >= 0.3 is 0 Å². The molecular formula is C18H15ClN2O3S. The van der Waals surface area contributed by atoms with Crippen LogP contribution in [0.3, 0.4) is 0 Å². The minimum atomic E-state index is -3.41. The molecule has 0 heterocycles. The van der Waals surface area contributed by atoms with Crippen molar-refractivity contribution in [1.82, 2.24) is 0 Å². The van der Waals surface area contributed by atoms with Crippen molar-refractivity contribution in [2.75, 3.05) is 16.3 Å². The number of nitrogens with one attached hydrogen (secondary N) is 2. The van der Waals surface area contributed by atoms with Gasteiger partial charge in [0.1, 0.15) is 0 Å². The fraction of sp³-hybridized carbons (Fsp3) is 0.0556. The zero-order valence-corrected chi connectivity index (χ0v) is 14.9.